The van der Waals surface area contributed by atoms with Crippen molar-refractivity contribution in [2.45, 2.75) is 43.5 Å². The predicted molar refractivity (Wildman–Crippen MR) is 121 cm³/mol. The molecule has 1 saturated carbocycles. The van der Waals surface area contributed by atoms with Crippen LogP contribution in [0.25, 0.3) is 6.08 Å². The number of benzene rings is 2. The SMILES string of the molecule is COc1ccc(C=C2Sc3ccc(C(=O)NC4CCCCC4C)cc3NC2=O)cc1. The summed E-state index contributed by atoms with van der Waals surface area (Å²) in [6.07, 6.45) is 6.44. The molecule has 2 amide bonds. The van der Waals surface area contributed by atoms with Gasteiger partial charge in [-0.25, -0.2) is 0 Å². The number of ether oxygens (including phenoxy) is 1. The topological polar surface area (TPSA) is 67.4 Å². The predicted octanol–water partition coefficient (Wildman–Crippen LogP) is 5.09. The fraction of sp³-hybridized carbons (Fsp3) is 0.333. The number of carbonyl (C=O) groups excluding carboxylic acids is 2. The van der Waals surface area contributed by atoms with Gasteiger partial charge in [-0.05, 0) is 60.7 Å². The molecule has 1 fully saturated rings. The number of carbonyl (C=O) groups is 2. The van der Waals surface area contributed by atoms with Gasteiger partial charge in [-0.15, -0.1) is 0 Å². The summed E-state index contributed by atoms with van der Waals surface area (Å²) >= 11 is 1.41. The Labute approximate surface area is 181 Å². The summed E-state index contributed by atoms with van der Waals surface area (Å²) in [4.78, 5) is 26.9. The lowest BCUT2D eigenvalue weighted by atomic mass is 9.86. The zero-order valence-corrected chi connectivity index (χ0v) is 18.1. The average Bonchev–Trinajstić information content (AvgIpc) is 2.76. The summed E-state index contributed by atoms with van der Waals surface area (Å²) in [5.41, 5.74) is 2.19. The van der Waals surface area contributed by atoms with Crippen molar-refractivity contribution in [2.24, 2.45) is 5.92 Å². The Morgan fingerprint density at radius 3 is 2.67 bits per heavy atom. The summed E-state index contributed by atoms with van der Waals surface area (Å²) in [6, 6.07) is 13.3. The summed E-state index contributed by atoms with van der Waals surface area (Å²) in [5, 5.41) is 6.10. The van der Waals surface area contributed by atoms with Crippen LogP contribution in [0.5, 0.6) is 5.75 Å². The summed E-state index contributed by atoms with van der Waals surface area (Å²) in [6.45, 7) is 2.20. The molecule has 2 atom stereocenters. The highest BCUT2D eigenvalue weighted by Crippen LogP contribution is 2.39. The van der Waals surface area contributed by atoms with Gasteiger partial charge in [0.05, 0.1) is 17.7 Å². The number of methoxy groups -OCH3 is 1. The van der Waals surface area contributed by atoms with Crippen molar-refractivity contribution in [2.75, 3.05) is 12.4 Å². The average molecular weight is 423 g/mol. The van der Waals surface area contributed by atoms with Gasteiger partial charge in [-0.1, -0.05) is 43.7 Å². The summed E-state index contributed by atoms with van der Waals surface area (Å²) < 4.78 is 5.17. The molecule has 0 aromatic heterocycles. The van der Waals surface area contributed by atoms with Crippen LogP contribution < -0.4 is 15.4 Å². The molecule has 1 heterocycles. The van der Waals surface area contributed by atoms with E-state index in [1.54, 1.807) is 13.2 Å². The molecule has 2 aliphatic rings. The minimum absolute atomic E-state index is 0.0737. The Hall–Kier alpha value is -2.73. The van der Waals surface area contributed by atoms with Gasteiger partial charge in [0, 0.05) is 16.5 Å². The molecule has 4 rings (SSSR count). The number of fused-ring (bicyclic) bond motifs is 1. The van der Waals surface area contributed by atoms with Crippen LogP contribution in [-0.4, -0.2) is 25.0 Å². The molecule has 2 aromatic carbocycles. The van der Waals surface area contributed by atoms with Gasteiger partial charge in [0.2, 0.25) is 0 Å². The van der Waals surface area contributed by atoms with E-state index in [4.69, 9.17) is 4.74 Å². The fourth-order valence-corrected chi connectivity index (χ4v) is 4.87. The van der Waals surface area contributed by atoms with Crippen LogP contribution in [0.15, 0.2) is 52.3 Å². The maximum Gasteiger partial charge on any atom is 0.262 e. The molecule has 1 aliphatic heterocycles. The Bertz CT molecular complexity index is 984. The van der Waals surface area contributed by atoms with Crippen LogP contribution in [-0.2, 0) is 4.79 Å². The van der Waals surface area contributed by atoms with Crippen LogP contribution in [0, 0.1) is 5.92 Å². The van der Waals surface area contributed by atoms with Gasteiger partial charge in [0.25, 0.3) is 11.8 Å². The molecule has 6 heteroatoms. The molecule has 0 saturated heterocycles. The third-order valence-corrected chi connectivity index (χ3v) is 6.87. The van der Waals surface area contributed by atoms with Gasteiger partial charge >= 0.3 is 0 Å². The Morgan fingerprint density at radius 2 is 1.93 bits per heavy atom. The Morgan fingerprint density at radius 1 is 1.17 bits per heavy atom. The first kappa shape index (κ1) is 20.5. The molecule has 156 valence electrons. The minimum atomic E-state index is -0.165. The van der Waals surface area contributed by atoms with E-state index in [0.717, 1.165) is 35.5 Å². The number of amides is 2. The van der Waals surface area contributed by atoms with E-state index in [9.17, 15) is 9.59 Å². The molecular weight excluding hydrogens is 396 g/mol. The lowest BCUT2D eigenvalue weighted by molar-refractivity contribution is -0.112. The maximum absolute atomic E-state index is 12.7. The molecular formula is C24H26N2O3S. The van der Waals surface area contributed by atoms with Crippen LogP contribution in [0.1, 0.15) is 48.5 Å². The minimum Gasteiger partial charge on any atom is -0.497 e. The third kappa shape index (κ3) is 4.54. The van der Waals surface area contributed by atoms with E-state index in [-0.39, 0.29) is 17.9 Å². The molecule has 5 nitrogen and oxygen atoms in total. The van der Waals surface area contributed by atoms with E-state index < -0.39 is 0 Å². The second kappa shape index (κ2) is 8.96. The van der Waals surface area contributed by atoms with Gasteiger partial charge in [-0.3, -0.25) is 9.59 Å². The molecule has 0 bridgehead atoms. The van der Waals surface area contributed by atoms with Crippen LogP contribution >= 0.6 is 11.8 Å². The smallest absolute Gasteiger partial charge is 0.262 e. The number of thioether (sulfide) groups is 1. The largest absolute Gasteiger partial charge is 0.497 e. The standard InChI is InChI=1S/C24H26N2O3S/c1-15-5-3-4-6-19(15)25-23(27)17-9-12-21-20(14-17)26-24(28)22(30-21)13-16-7-10-18(29-2)11-8-16/h7-15,19H,3-6H2,1-2H3,(H,25,27)(H,26,28). The molecule has 30 heavy (non-hydrogen) atoms. The molecule has 0 radical (unpaired) electrons. The third-order valence-electron chi connectivity index (χ3n) is 5.78. The summed E-state index contributed by atoms with van der Waals surface area (Å²) in [5.74, 6) is 1.04. The molecule has 0 spiro atoms. The van der Waals surface area contributed by atoms with Crippen molar-refractivity contribution < 1.29 is 14.3 Å². The van der Waals surface area contributed by atoms with Gasteiger partial charge in [0.1, 0.15) is 5.75 Å². The van der Waals surface area contributed by atoms with Gasteiger partial charge in [-0.2, -0.15) is 0 Å². The first-order valence-corrected chi connectivity index (χ1v) is 11.1. The molecule has 2 N–H and O–H groups in total. The van der Waals surface area contributed by atoms with Crippen LogP contribution in [0.3, 0.4) is 0 Å². The Balaban J connectivity index is 1.49. The second-order valence-electron chi connectivity index (χ2n) is 7.89. The van der Waals surface area contributed by atoms with Crippen LogP contribution in [0.4, 0.5) is 5.69 Å². The quantitative estimate of drug-likeness (QED) is 0.674. The fourth-order valence-electron chi connectivity index (χ4n) is 3.94. The number of rotatable bonds is 4. The second-order valence-corrected chi connectivity index (χ2v) is 8.97. The van der Waals surface area contributed by atoms with E-state index in [1.807, 2.05) is 42.5 Å². The van der Waals surface area contributed by atoms with Gasteiger partial charge in [0.15, 0.2) is 0 Å². The first-order valence-electron chi connectivity index (χ1n) is 10.3. The highest BCUT2D eigenvalue weighted by atomic mass is 32.2. The monoisotopic (exact) mass is 422 g/mol. The zero-order valence-electron chi connectivity index (χ0n) is 17.2. The highest BCUT2D eigenvalue weighted by molar-refractivity contribution is 8.04. The van der Waals surface area contributed by atoms with Crippen molar-refractivity contribution in [3.63, 3.8) is 0 Å². The highest BCUT2D eigenvalue weighted by Gasteiger charge is 2.25. The number of anilines is 1. The maximum atomic E-state index is 12.7. The Kier molecular flexibility index (Phi) is 6.13. The van der Waals surface area contributed by atoms with Crippen molar-refractivity contribution in [3.8, 4) is 5.75 Å². The van der Waals surface area contributed by atoms with E-state index in [2.05, 4.69) is 17.6 Å². The van der Waals surface area contributed by atoms with Crippen LogP contribution in [0.2, 0.25) is 0 Å². The molecule has 1 aliphatic carbocycles. The van der Waals surface area contributed by atoms with E-state index in [0.29, 0.717) is 22.1 Å². The van der Waals surface area contributed by atoms with E-state index >= 15 is 0 Å². The number of nitrogens with one attached hydrogen (secondary N) is 2. The van der Waals surface area contributed by atoms with E-state index in [1.165, 1.54) is 18.2 Å². The van der Waals surface area contributed by atoms with Crippen molar-refractivity contribution in [3.05, 3.63) is 58.5 Å². The van der Waals surface area contributed by atoms with Crippen molar-refractivity contribution in [1.29, 1.82) is 0 Å². The zero-order chi connectivity index (χ0) is 21.1. The van der Waals surface area contributed by atoms with Gasteiger partial charge < -0.3 is 15.4 Å². The van der Waals surface area contributed by atoms with Crippen molar-refractivity contribution >= 4 is 35.3 Å². The van der Waals surface area contributed by atoms with Crippen molar-refractivity contribution in [1.82, 2.24) is 5.32 Å². The summed E-state index contributed by atoms with van der Waals surface area (Å²) in [7, 11) is 1.62. The lowest BCUT2D eigenvalue weighted by Crippen LogP contribution is -2.41. The number of hydrogen-bond donors (Lipinski definition) is 2. The molecule has 2 aromatic rings. The normalized spacial score (nSPS) is 22.2. The number of hydrogen-bond acceptors (Lipinski definition) is 4. The first-order chi connectivity index (χ1) is 14.5. The lowest BCUT2D eigenvalue weighted by Gasteiger charge is -2.29. The molecule has 2 unspecified atom stereocenters.